The molecule has 0 bridgehead atoms. The Kier molecular flexibility index (Phi) is 3.71. The highest BCUT2D eigenvalue weighted by atomic mass is 19.1. The van der Waals surface area contributed by atoms with Gasteiger partial charge in [0.25, 0.3) is 0 Å². The van der Waals surface area contributed by atoms with Gasteiger partial charge in [0.05, 0.1) is 0 Å². The third kappa shape index (κ3) is 3.55. The molecule has 0 N–H and O–H groups in total. The van der Waals surface area contributed by atoms with E-state index in [9.17, 15) is 4.39 Å². The molecule has 0 saturated carbocycles. The second kappa shape index (κ2) is 6.91. The molecule has 4 aromatic rings. The normalized spacial score (nSPS) is 13.9. The third-order valence-electron chi connectivity index (χ3n) is 4.62. The van der Waals surface area contributed by atoms with Gasteiger partial charge in [-0.1, -0.05) is 26.8 Å². The zero-order valence-electron chi connectivity index (χ0n) is 19.5. The Morgan fingerprint density at radius 3 is 2.79 bits per heavy atom. The maximum Gasteiger partial charge on any atom is 0.236 e. The van der Waals surface area contributed by atoms with Gasteiger partial charge in [-0.05, 0) is 36.1 Å². The maximum absolute atomic E-state index is 13.9. The summed E-state index contributed by atoms with van der Waals surface area (Å²) in [6, 6.07) is 5.95. The van der Waals surface area contributed by atoms with Gasteiger partial charge < -0.3 is 4.74 Å². The molecule has 0 aliphatic heterocycles. The topological polar surface area (TPSA) is 83.0 Å². The van der Waals surface area contributed by atoms with Crippen LogP contribution < -0.4 is 4.74 Å². The average Bonchev–Trinajstić information content (AvgIpc) is 3.32. The van der Waals surface area contributed by atoms with Crippen LogP contribution in [0.3, 0.4) is 0 Å². The predicted molar refractivity (Wildman–Crippen MR) is 105 cm³/mol. The number of rotatable bonds is 4. The van der Waals surface area contributed by atoms with Crippen molar-refractivity contribution in [2.45, 2.75) is 39.6 Å². The van der Waals surface area contributed by atoms with Crippen LogP contribution in [-0.2, 0) is 19.1 Å². The molecule has 0 fully saturated rings. The molecule has 8 nitrogen and oxygen atoms in total. The molecule has 0 amide bonds. The predicted octanol–water partition coefficient (Wildman–Crippen LogP) is 3.24. The fraction of sp³-hybridized carbons (Fsp3) is 0.350. The largest absolute Gasteiger partial charge is 0.468 e. The van der Waals surface area contributed by atoms with Crippen molar-refractivity contribution in [1.82, 2.24) is 34.6 Å². The van der Waals surface area contributed by atoms with Crippen LogP contribution in [0.4, 0.5) is 4.39 Å². The summed E-state index contributed by atoms with van der Waals surface area (Å²) >= 11 is 0. The number of ether oxygens (including phenoxy) is 1. The molecule has 0 saturated heterocycles. The molecular formula is C20H22FN7O. The van der Waals surface area contributed by atoms with Crippen LogP contribution in [0.2, 0.25) is 0 Å². The minimum absolute atomic E-state index is 0.0234. The monoisotopic (exact) mass is 398 g/mol. The van der Waals surface area contributed by atoms with E-state index in [-0.39, 0.29) is 12.5 Å². The summed E-state index contributed by atoms with van der Waals surface area (Å²) in [4.78, 5) is 4.13. The van der Waals surface area contributed by atoms with Gasteiger partial charge in [0.1, 0.15) is 18.8 Å². The fourth-order valence-electron chi connectivity index (χ4n) is 2.96. The molecule has 3 heterocycles. The molecule has 1 aromatic carbocycles. The van der Waals surface area contributed by atoms with Gasteiger partial charge in [0, 0.05) is 22.3 Å². The van der Waals surface area contributed by atoms with E-state index < -0.39 is 18.1 Å². The Morgan fingerprint density at radius 1 is 1.24 bits per heavy atom. The van der Waals surface area contributed by atoms with Crippen molar-refractivity contribution in [1.29, 1.82) is 0 Å². The Morgan fingerprint density at radius 2 is 2.07 bits per heavy atom. The molecule has 9 heteroatoms. The molecule has 0 unspecified atom stereocenters. The standard InChI is InChI=1S/C20H22FN7O/c1-12-6-7-13(21)8-14(12)18-25-24-16-9-15(20(2,3)4)19(26-28(16)18)29-10-17-22-11-23-27(17)5/h6-9,11H,10H2,1-5H3/i2D3. The van der Waals surface area contributed by atoms with Crippen LogP contribution in [0.25, 0.3) is 17.0 Å². The second-order valence-electron chi connectivity index (χ2n) is 7.33. The summed E-state index contributed by atoms with van der Waals surface area (Å²) in [6.07, 6.45) is 1.40. The van der Waals surface area contributed by atoms with Crippen LogP contribution in [0.1, 0.15) is 41.8 Å². The number of halogens is 1. The van der Waals surface area contributed by atoms with Gasteiger partial charge >= 0.3 is 0 Å². The second-order valence-corrected chi connectivity index (χ2v) is 7.33. The van der Waals surface area contributed by atoms with E-state index in [1.54, 1.807) is 37.7 Å². The van der Waals surface area contributed by atoms with E-state index in [1.807, 2.05) is 6.92 Å². The molecule has 0 aliphatic carbocycles. The van der Waals surface area contributed by atoms with E-state index in [4.69, 9.17) is 8.85 Å². The van der Waals surface area contributed by atoms with E-state index >= 15 is 0 Å². The molecule has 0 spiro atoms. The zero-order valence-corrected chi connectivity index (χ0v) is 16.5. The zero-order chi connectivity index (χ0) is 23.3. The van der Waals surface area contributed by atoms with Crippen molar-refractivity contribution >= 4 is 5.65 Å². The summed E-state index contributed by atoms with van der Waals surface area (Å²) in [5, 5.41) is 16.9. The van der Waals surface area contributed by atoms with Crippen LogP contribution in [-0.4, -0.2) is 34.6 Å². The number of aromatic nitrogens is 7. The number of hydrogen-bond donors (Lipinski definition) is 0. The SMILES string of the molecule is [2H]C([2H])([2H])C(C)(C)c1cc2nnc(-c3cc(F)ccc3C)n2nc1OCc1ncnn1C. The lowest BCUT2D eigenvalue weighted by Crippen LogP contribution is -2.17. The third-order valence-corrected chi connectivity index (χ3v) is 4.62. The van der Waals surface area contributed by atoms with Crippen molar-refractivity contribution in [3.05, 3.63) is 53.4 Å². The molecule has 150 valence electrons. The van der Waals surface area contributed by atoms with Gasteiger partial charge in [0.2, 0.25) is 5.88 Å². The molecule has 0 radical (unpaired) electrons. The van der Waals surface area contributed by atoms with Gasteiger partial charge in [0.15, 0.2) is 17.3 Å². The Balaban J connectivity index is 1.89. The number of fused-ring (bicyclic) bond motifs is 1. The van der Waals surface area contributed by atoms with Crippen molar-refractivity contribution in [2.75, 3.05) is 0 Å². The molecular weight excluding hydrogens is 373 g/mol. The average molecular weight is 398 g/mol. The lowest BCUT2D eigenvalue weighted by atomic mass is 9.88. The Hall–Kier alpha value is -3.36. The van der Waals surface area contributed by atoms with E-state index in [2.05, 4.69) is 25.4 Å². The van der Waals surface area contributed by atoms with E-state index in [1.165, 1.54) is 23.0 Å². The maximum atomic E-state index is 13.9. The van der Waals surface area contributed by atoms with E-state index in [0.29, 0.717) is 28.4 Å². The lowest BCUT2D eigenvalue weighted by molar-refractivity contribution is 0.266. The molecule has 0 atom stereocenters. The Bertz CT molecular complexity index is 1300. The van der Waals surface area contributed by atoms with Crippen molar-refractivity contribution in [3.63, 3.8) is 0 Å². The fourth-order valence-corrected chi connectivity index (χ4v) is 2.96. The molecule has 3 aromatic heterocycles. The number of nitrogens with zero attached hydrogens (tertiary/aromatic N) is 7. The highest BCUT2D eigenvalue weighted by Gasteiger charge is 2.24. The molecule has 0 aliphatic rings. The lowest BCUT2D eigenvalue weighted by Gasteiger charge is -2.21. The first-order valence-corrected chi connectivity index (χ1v) is 8.98. The minimum atomic E-state index is -2.34. The first-order chi connectivity index (χ1) is 15.0. The van der Waals surface area contributed by atoms with Crippen LogP contribution in [0.15, 0.2) is 30.6 Å². The highest BCUT2D eigenvalue weighted by Crippen LogP contribution is 2.32. The summed E-state index contributed by atoms with van der Waals surface area (Å²) < 4.78 is 46.8. The molecule has 29 heavy (non-hydrogen) atoms. The summed E-state index contributed by atoms with van der Waals surface area (Å²) in [7, 11) is 1.72. The van der Waals surface area contributed by atoms with Gasteiger partial charge in [-0.25, -0.2) is 9.37 Å². The highest BCUT2D eigenvalue weighted by molar-refractivity contribution is 5.63. The smallest absolute Gasteiger partial charge is 0.236 e. The first kappa shape index (κ1) is 15.5. The minimum Gasteiger partial charge on any atom is -0.468 e. The van der Waals surface area contributed by atoms with Gasteiger partial charge in [-0.3, -0.25) is 4.68 Å². The van der Waals surface area contributed by atoms with Crippen LogP contribution >= 0.6 is 0 Å². The van der Waals surface area contributed by atoms with Crippen LogP contribution in [0, 0.1) is 12.7 Å². The van der Waals surface area contributed by atoms with E-state index in [0.717, 1.165) is 5.56 Å². The summed E-state index contributed by atoms with van der Waals surface area (Å²) in [5.41, 5.74) is 0.685. The van der Waals surface area contributed by atoms with Crippen molar-refractivity contribution in [2.24, 2.45) is 7.05 Å². The first-order valence-electron chi connectivity index (χ1n) is 10.5. The summed E-state index contributed by atoms with van der Waals surface area (Å²) in [6.45, 7) is 2.70. The van der Waals surface area contributed by atoms with Gasteiger partial charge in [-0.2, -0.15) is 9.61 Å². The quantitative estimate of drug-likeness (QED) is 0.525. The molecule has 4 rings (SSSR count). The Labute approximate surface area is 171 Å². The number of benzene rings is 1. The number of aryl methyl sites for hydroxylation is 2. The van der Waals surface area contributed by atoms with Crippen molar-refractivity contribution in [3.8, 4) is 17.3 Å². The van der Waals surface area contributed by atoms with Crippen LogP contribution in [0.5, 0.6) is 5.88 Å². The van der Waals surface area contributed by atoms with Gasteiger partial charge in [-0.15, -0.1) is 15.3 Å². The number of hydrogen-bond acceptors (Lipinski definition) is 6. The summed E-state index contributed by atoms with van der Waals surface area (Å²) in [5.74, 6) is 0.534. The van der Waals surface area contributed by atoms with Crippen molar-refractivity contribution < 1.29 is 13.2 Å².